The molecule has 3 rings (SSSR count). The quantitative estimate of drug-likeness (QED) is 0.865. The van der Waals surface area contributed by atoms with Crippen LogP contribution >= 0.6 is 0 Å². The van der Waals surface area contributed by atoms with Crippen molar-refractivity contribution in [2.45, 2.75) is 13.0 Å². The summed E-state index contributed by atoms with van der Waals surface area (Å²) in [5, 5.41) is 5.37. The zero-order chi connectivity index (χ0) is 18.5. The summed E-state index contributed by atoms with van der Waals surface area (Å²) in [6.45, 7) is 0.931. The normalized spacial score (nSPS) is 16.4. The average Bonchev–Trinajstić information content (AvgIpc) is 3.03. The average molecular weight is 351 g/mol. The lowest BCUT2D eigenvalue weighted by Crippen LogP contribution is -2.28. The van der Waals surface area contributed by atoms with E-state index >= 15 is 0 Å². The van der Waals surface area contributed by atoms with Gasteiger partial charge in [0.05, 0.1) is 5.92 Å². The van der Waals surface area contributed by atoms with E-state index in [1.54, 1.807) is 36.2 Å². The maximum Gasteiger partial charge on any atom is 0.251 e. The van der Waals surface area contributed by atoms with Gasteiger partial charge in [0.2, 0.25) is 11.8 Å². The summed E-state index contributed by atoms with van der Waals surface area (Å²) in [5.41, 5.74) is 2.18. The summed E-state index contributed by atoms with van der Waals surface area (Å²) >= 11 is 0. The topological polar surface area (TPSA) is 78.5 Å². The minimum atomic E-state index is -0.371. The van der Waals surface area contributed by atoms with E-state index in [1.165, 1.54) is 0 Å². The second-order valence-electron chi connectivity index (χ2n) is 6.31. The standard InChI is InChI=1S/C20H21N3O3/c1-21-19(25)15-7-9-17(10-8-15)22-20(26)16-11-18(24)23(13-16)12-14-5-3-2-4-6-14/h2-10,16H,11-13H2,1H3,(H,21,25)(H,22,26)/t16-/m1/s1. The largest absolute Gasteiger partial charge is 0.355 e. The lowest BCUT2D eigenvalue weighted by atomic mass is 10.1. The fourth-order valence-electron chi connectivity index (χ4n) is 3.00. The Kier molecular flexibility index (Phi) is 5.31. The van der Waals surface area contributed by atoms with Gasteiger partial charge in [0.15, 0.2) is 0 Å². The van der Waals surface area contributed by atoms with Gasteiger partial charge in [0.25, 0.3) is 5.91 Å². The molecule has 0 saturated carbocycles. The molecule has 2 aromatic carbocycles. The highest BCUT2D eigenvalue weighted by atomic mass is 16.2. The molecule has 0 aliphatic carbocycles. The highest BCUT2D eigenvalue weighted by Crippen LogP contribution is 2.22. The van der Waals surface area contributed by atoms with Crippen LogP contribution in [0.2, 0.25) is 0 Å². The van der Waals surface area contributed by atoms with Gasteiger partial charge in [-0.25, -0.2) is 0 Å². The predicted octanol–water partition coefficient (Wildman–Crippen LogP) is 2.03. The van der Waals surface area contributed by atoms with E-state index in [9.17, 15) is 14.4 Å². The van der Waals surface area contributed by atoms with E-state index in [-0.39, 0.29) is 30.1 Å². The van der Waals surface area contributed by atoms with Crippen molar-refractivity contribution < 1.29 is 14.4 Å². The molecule has 0 bridgehead atoms. The van der Waals surface area contributed by atoms with Gasteiger partial charge in [-0.1, -0.05) is 30.3 Å². The predicted molar refractivity (Wildman–Crippen MR) is 98.4 cm³/mol. The van der Waals surface area contributed by atoms with Crippen molar-refractivity contribution >= 4 is 23.4 Å². The first-order chi connectivity index (χ1) is 12.6. The van der Waals surface area contributed by atoms with E-state index in [1.807, 2.05) is 30.3 Å². The Morgan fingerprint density at radius 3 is 2.42 bits per heavy atom. The van der Waals surface area contributed by atoms with Crippen LogP contribution in [0.3, 0.4) is 0 Å². The molecule has 1 fully saturated rings. The van der Waals surface area contributed by atoms with Crippen LogP contribution < -0.4 is 10.6 Å². The smallest absolute Gasteiger partial charge is 0.251 e. The summed E-state index contributed by atoms with van der Waals surface area (Å²) in [6.07, 6.45) is 0.217. The highest BCUT2D eigenvalue weighted by Gasteiger charge is 2.34. The lowest BCUT2D eigenvalue weighted by Gasteiger charge is -2.16. The van der Waals surface area contributed by atoms with Crippen LogP contribution in [0, 0.1) is 5.92 Å². The number of hydrogen-bond acceptors (Lipinski definition) is 3. The molecule has 6 heteroatoms. The van der Waals surface area contributed by atoms with Crippen molar-refractivity contribution in [1.82, 2.24) is 10.2 Å². The van der Waals surface area contributed by atoms with Crippen LogP contribution in [0.5, 0.6) is 0 Å². The first kappa shape index (κ1) is 17.7. The molecule has 2 aromatic rings. The molecule has 2 N–H and O–H groups in total. The van der Waals surface area contributed by atoms with E-state index in [0.717, 1.165) is 5.56 Å². The maximum absolute atomic E-state index is 12.5. The number of carbonyl (C=O) groups is 3. The van der Waals surface area contributed by atoms with Crippen molar-refractivity contribution in [3.63, 3.8) is 0 Å². The number of anilines is 1. The van der Waals surface area contributed by atoms with Gasteiger partial charge >= 0.3 is 0 Å². The number of likely N-dealkylation sites (tertiary alicyclic amines) is 1. The van der Waals surface area contributed by atoms with Crippen LogP contribution in [0.1, 0.15) is 22.3 Å². The third kappa shape index (κ3) is 4.08. The number of rotatable bonds is 5. The molecule has 0 radical (unpaired) electrons. The summed E-state index contributed by atoms with van der Waals surface area (Å²) in [4.78, 5) is 37.9. The molecule has 1 aliphatic heterocycles. The van der Waals surface area contributed by atoms with Crippen LogP contribution in [-0.4, -0.2) is 36.2 Å². The third-order valence-electron chi connectivity index (χ3n) is 4.44. The zero-order valence-corrected chi connectivity index (χ0v) is 14.6. The molecule has 0 aromatic heterocycles. The van der Waals surface area contributed by atoms with Crippen LogP contribution in [0.25, 0.3) is 0 Å². The van der Waals surface area contributed by atoms with Crippen LogP contribution in [0.15, 0.2) is 54.6 Å². The first-order valence-corrected chi connectivity index (χ1v) is 8.51. The molecule has 1 heterocycles. The minimum absolute atomic E-state index is 0.0102. The van der Waals surface area contributed by atoms with Gasteiger partial charge in [-0.3, -0.25) is 14.4 Å². The van der Waals surface area contributed by atoms with Gasteiger partial charge in [-0.05, 0) is 29.8 Å². The number of benzene rings is 2. The van der Waals surface area contributed by atoms with E-state index < -0.39 is 0 Å². The van der Waals surface area contributed by atoms with Crippen molar-refractivity contribution in [3.05, 3.63) is 65.7 Å². The molecule has 134 valence electrons. The Morgan fingerprint density at radius 2 is 1.77 bits per heavy atom. The number of carbonyl (C=O) groups excluding carboxylic acids is 3. The first-order valence-electron chi connectivity index (χ1n) is 8.51. The van der Waals surface area contributed by atoms with Gasteiger partial charge in [0, 0.05) is 37.8 Å². The monoisotopic (exact) mass is 351 g/mol. The Labute approximate surface area is 152 Å². The van der Waals surface area contributed by atoms with Crippen molar-refractivity contribution in [2.24, 2.45) is 5.92 Å². The van der Waals surface area contributed by atoms with E-state index in [4.69, 9.17) is 0 Å². The molecule has 26 heavy (non-hydrogen) atoms. The second kappa shape index (κ2) is 7.82. The van der Waals surface area contributed by atoms with Gasteiger partial charge < -0.3 is 15.5 Å². The van der Waals surface area contributed by atoms with Gasteiger partial charge in [-0.2, -0.15) is 0 Å². The number of amides is 3. The molecule has 1 aliphatic rings. The molecule has 3 amide bonds. The Balaban J connectivity index is 1.58. The molecular weight excluding hydrogens is 330 g/mol. The van der Waals surface area contributed by atoms with E-state index in [0.29, 0.717) is 24.3 Å². The van der Waals surface area contributed by atoms with Crippen LogP contribution in [0.4, 0.5) is 5.69 Å². The molecule has 6 nitrogen and oxygen atoms in total. The molecule has 0 spiro atoms. The SMILES string of the molecule is CNC(=O)c1ccc(NC(=O)[C@@H]2CC(=O)N(Cc3ccccc3)C2)cc1. The Morgan fingerprint density at radius 1 is 1.08 bits per heavy atom. The Bertz CT molecular complexity index is 803. The number of nitrogens with one attached hydrogen (secondary N) is 2. The zero-order valence-electron chi connectivity index (χ0n) is 14.6. The van der Waals surface area contributed by atoms with Crippen molar-refractivity contribution in [1.29, 1.82) is 0 Å². The fraction of sp³-hybridized carbons (Fsp3) is 0.250. The maximum atomic E-state index is 12.5. The third-order valence-corrected chi connectivity index (χ3v) is 4.44. The van der Waals surface area contributed by atoms with Crippen LogP contribution in [-0.2, 0) is 16.1 Å². The number of nitrogens with zero attached hydrogens (tertiary/aromatic N) is 1. The van der Waals surface area contributed by atoms with Crippen molar-refractivity contribution in [2.75, 3.05) is 18.9 Å². The Hall–Kier alpha value is -3.15. The highest BCUT2D eigenvalue weighted by molar-refractivity contribution is 5.98. The molecule has 1 atom stereocenters. The summed E-state index contributed by atoms with van der Waals surface area (Å²) in [5.74, 6) is -0.740. The fourth-order valence-corrected chi connectivity index (χ4v) is 3.00. The second-order valence-corrected chi connectivity index (χ2v) is 6.31. The summed E-state index contributed by atoms with van der Waals surface area (Å²) in [6, 6.07) is 16.4. The summed E-state index contributed by atoms with van der Waals surface area (Å²) in [7, 11) is 1.57. The van der Waals surface area contributed by atoms with E-state index in [2.05, 4.69) is 10.6 Å². The number of hydrogen-bond donors (Lipinski definition) is 2. The lowest BCUT2D eigenvalue weighted by molar-refractivity contribution is -0.128. The van der Waals surface area contributed by atoms with Crippen molar-refractivity contribution in [3.8, 4) is 0 Å². The molecule has 0 unspecified atom stereocenters. The molecule has 1 saturated heterocycles. The minimum Gasteiger partial charge on any atom is -0.355 e. The van der Waals surface area contributed by atoms with Gasteiger partial charge in [-0.15, -0.1) is 0 Å². The van der Waals surface area contributed by atoms with Gasteiger partial charge in [0.1, 0.15) is 0 Å². The summed E-state index contributed by atoms with van der Waals surface area (Å²) < 4.78 is 0. The molecular formula is C20H21N3O3.